The number of aromatic nitrogens is 4. The Morgan fingerprint density at radius 2 is 0.627 bits per heavy atom. The molecule has 2 aliphatic rings. The number of aromatic amines is 2. The molecule has 0 fully saturated rings. The number of rotatable bonds is 10. The third kappa shape index (κ3) is 10.4. The molecule has 392 valence electrons. The molecule has 8 bridgehead atoms. The fourth-order valence-corrected chi connectivity index (χ4v) is 9.22. The standard InChI is InChI=1S/C54H42F12N4O5/c1-5-73-49-45-41(29-11-19-33(20-12-29)53(61,62)63)37-25-23-35(67-37)39(27-7-15-31(16-8-27)51(55,56)57)43-47(71-3)48(72-4)44(69-43)40(28-9-17-32(18-10-28)52(58,59)60)36-24-26-38(68-36)42(46(70-45)50(75-49)74-6-2)30-13-21-34(22-14-30)54(64,65)66/h7-26,47-50,67-68H,5-6H2,1-4H3/t47-,48+,49-,50-/m0/s1. The lowest BCUT2D eigenvalue weighted by Crippen LogP contribution is -2.24. The van der Waals surface area contributed by atoms with Crippen molar-refractivity contribution in [2.45, 2.75) is 63.3 Å². The molecular formula is C54H42F12N4O5. The van der Waals surface area contributed by atoms with Crippen LogP contribution in [0.2, 0.25) is 0 Å². The molecule has 4 aromatic carbocycles. The number of alkyl halides is 12. The molecule has 5 heterocycles. The van der Waals surface area contributed by atoms with Crippen LogP contribution in [0.1, 0.15) is 83.7 Å². The van der Waals surface area contributed by atoms with Gasteiger partial charge >= 0.3 is 24.7 Å². The van der Waals surface area contributed by atoms with E-state index in [9.17, 15) is 52.7 Å². The van der Waals surface area contributed by atoms with E-state index in [1.54, 1.807) is 26.0 Å². The second-order valence-corrected chi connectivity index (χ2v) is 17.2. The highest BCUT2D eigenvalue weighted by Gasteiger charge is 2.40. The molecule has 0 saturated carbocycles. The van der Waals surface area contributed by atoms with Crippen LogP contribution in [0.15, 0.2) is 121 Å². The molecule has 2 N–H and O–H groups in total. The Morgan fingerprint density at radius 1 is 0.387 bits per heavy atom. The average molecular weight is 1050 g/mol. The monoisotopic (exact) mass is 1050 g/mol. The summed E-state index contributed by atoms with van der Waals surface area (Å²) in [5.74, 6) is 0. The van der Waals surface area contributed by atoms with Crippen molar-refractivity contribution in [3.05, 3.63) is 166 Å². The number of nitrogens with one attached hydrogen (secondary N) is 2. The Morgan fingerprint density at radius 3 is 0.853 bits per heavy atom. The van der Waals surface area contributed by atoms with Gasteiger partial charge in [0.15, 0.2) is 0 Å². The zero-order chi connectivity index (χ0) is 53.8. The Balaban J connectivity index is 1.54. The second-order valence-electron chi connectivity index (χ2n) is 17.2. The number of benzene rings is 4. The van der Waals surface area contributed by atoms with Gasteiger partial charge in [0.2, 0.25) is 12.6 Å². The fourth-order valence-electron chi connectivity index (χ4n) is 9.22. The average Bonchev–Trinajstić information content (AvgIpc) is 4.12. The van der Waals surface area contributed by atoms with Gasteiger partial charge in [0.25, 0.3) is 0 Å². The zero-order valence-electron chi connectivity index (χ0n) is 39.7. The Labute approximate surface area is 419 Å². The van der Waals surface area contributed by atoms with Gasteiger partial charge in [0.1, 0.15) is 23.6 Å². The summed E-state index contributed by atoms with van der Waals surface area (Å²) < 4.78 is 200. The first kappa shape index (κ1) is 52.8. The van der Waals surface area contributed by atoms with Gasteiger partial charge in [-0.3, -0.25) is 4.98 Å². The molecule has 0 spiro atoms. The van der Waals surface area contributed by atoms with E-state index in [2.05, 4.69) is 9.97 Å². The van der Waals surface area contributed by atoms with Crippen LogP contribution < -0.4 is 0 Å². The van der Waals surface area contributed by atoms with Gasteiger partial charge in [0, 0.05) is 71.8 Å². The molecule has 9 rings (SSSR count). The largest absolute Gasteiger partial charge is 0.416 e. The normalized spacial score (nSPS) is 17.6. The number of hydrogen-bond acceptors (Lipinski definition) is 7. The summed E-state index contributed by atoms with van der Waals surface area (Å²) in [4.78, 5) is 16.9. The van der Waals surface area contributed by atoms with Crippen molar-refractivity contribution >= 4 is 22.1 Å². The highest BCUT2D eigenvalue weighted by molar-refractivity contribution is 5.92. The van der Waals surface area contributed by atoms with Crippen molar-refractivity contribution in [2.75, 3.05) is 27.4 Å². The van der Waals surface area contributed by atoms with Crippen molar-refractivity contribution in [1.29, 1.82) is 0 Å². The molecular weight excluding hydrogens is 1010 g/mol. The molecule has 75 heavy (non-hydrogen) atoms. The molecule has 0 radical (unpaired) electrons. The smallest absolute Gasteiger partial charge is 0.372 e. The lowest BCUT2D eigenvalue weighted by atomic mass is 9.96. The summed E-state index contributed by atoms with van der Waals surface area (Å²) >= 11 is 0. The van der Waals surface area contributed by atoms with E-state index >= 15 is 0 Å². The Kier molecular flexibility index (Phi) is 14.3. The minimum Gasteiger partial charge on any atom is -0.372 e. The maximum absolute atomic E-state index is 14.1. The van der Waals surface area contributed by atoms with Gasteiger partial charge in [-0.1, -0.05) is 48.5 Å². The minimum absolute atomic E-state index is 0.0181. The van der Waals surface area contributed by atoms with Crippen molar-refractivity contribution < 1.29 is 76.4 Å². The van der Waals surface area contributed by atoms with Crippen molar-refractivity contribution in [2.24, 2.45) is 0 Å². The van der Waals surface area contributed by atoms with Gasteiger partial charge < -0.3 is 33.7 Å². The lowest BCUT2D eigenvalue weighted by molar-refractivity contribution is -0.261. The summed E-state index contributed by atoms with van der Waals surface area (Å²) in [6.07, 6.45) is -24.2. The first-order valence-electron chi connectivity index (χ1n) is 23.0. The Hall–Kier alpha value is -7.04. The number of hydrogen-bond donors (Lipinski definition) is 2. The Bertz CT molecular complexity index is 3150. The molecule has 7 aromatic rings. The van der Waals surface area contributed by atoms with Crippen LogP contribution >= 0.6 is 0 Å². The second kappa shape index (κ2) is 20.2. The molecule has 0 saturated heterocycles. The van der Waals surface area contributed by atoms with Crippen molar-refractivity contribution in [3.8, 4) is 44.5 Å². The number of ether oxygens (including phenoxy) is 5. The molecule has 0 unspecified atom stereocenters. The molecule has 2 aliphatic heterocycles. The number of nitrogens with zero attached hydrogens (tertiary/aromatic N) is 2. The predicted molar refractivity (Wildman–Crippen MR) is 252 cm³/mol. The maximum Gasteiger partial charge on any atom is 0.416 e. The molecule has 0 amide bonds. The topological polar surface area (TPSA) is 104 Å². The number of methoxy groups -OCH3 is 2. The summed E-state index contributed by atoms with van der Waals surface area (Å²) in [7, 11) is 2.65. The fraction of sp³-hybridized carbons (Fsp3) is 0.259. The predicted octanol–water partition coefficient (Wildman–Crippen LogP) is 15.9. The SMILES string of the molecule is CCO[C@H]1O[C@H](OCC)c2nc1c(-c1ccc(C(F)(F)F)cc1)c1ccc([nH]1)c(-c1ccc(C(F)(F)F)cc1)c1nc(c(-c3ccc(C(F)(F)F)cc3)c3ccc([nH]3)c2-c2ccc(C(F)(F)F)cc2)[C@H](OC)[C@@H]1OC. The van der Waals surface area contributed by atoms with Gasteiger partial charge in [-0.2, -0.15) is 52.7 Å². The van der Waals surface area contributed by atoms with Crippen molar-refractivity contribution in [1.82, 2.24) is 19.9 Å². The van der Waals surface area contributed by atoms with E-state index in [0.29, 0.717) is 0 Å². The van der Waals surface area contributed by atoms with E-state index in [1.165, 1.54) is 74.9 Å². The lowest BCUT2D eigenvalue weighted by Gasteiger charge is -2.30. The quantitative estimate of drug-likeness (QED) is 0.132. The van der Waals surface area contributed by atoms with E-state index in [-0.39, 0.29) is 103 Å². The van der Waals surface area contributed by atoms with Gasteiger partial charge in [-0.05, 0) is 109 Å². The van der Waals surface area contributed by atoms with Gasteiger partial charge in [-0.25, -0.2) is 4.98 Å². The zero-order valence-corrected chi connectivity index (χ0v) is 39.7. The summed E-state index contributed by atoms with van der Waals surface area (Å²) in [5, 5.41) is 0. The van der Waals surface area contributed by atoms with E-state index in [0.717, 1.165) is 48.5 Å². The molecule has 21 heteroatoms. The number of halogens is 12. The third-order valence-corrected chi connectivity index (χ3v) is 12.6. The van der Waals surface area contributed by atoms with Crippen LogP contribution in [0, 0.1) is 0 Å². The van der Waals surface area contributed by atoms with Gasteiger partial charge in [-0.15, -0.1) is 0 Å². The van der Waals surface area contributed by atoms with Crippen LogP contribution in [0.25, 0.3) is 66.6 Å². The molecule has 4 atom stereocenters. The van der Waals surface area contributed by atoms with Crippen LogP contribution in [0.3, 0.4) is 0 Å². The summed E-state index contributed by atoms with van der Waals surface area (Å²) in [5.41, 5.74) is -2.17. The highest BCUT2D eigenvalue weighted by atomic mass is 19.4. The number of H-pyrrole nitrogens is 2. The van der Waals surface area contributed by atoms with E-state index in [4.69, 9.17) is 33.7 Å². The molecule has 3 aromatic heterocycles. The minimum atomic E-state index is -4.75. The van der Waals surface area contributed by atoms with E-state index in [1.807, 2.05) is 0 Å². The van der Waals surface area contributed by atoms with Crippen LogP contribution in [-0.2, 0) is 48.4 Å². The third-order valence-electron chi connectivity index (χ3n) is 12.6. The molecule has 9 nitrogen and oxygen atoms in total. The first-order chi connectivity index (χ1) is 35.5. The van der Waals surface area contributed by atoms with E-state index < -0.39 is 71.7 Å². The maximum atomic E-state index is 14.1. The van der Waals surface area contributed by atoms with Crippen LogP contribution in [0.5, 0.6) is 0 Å². The highest BCUT2D eigenvalue weighted by Crippen LogP contribution is 2.49. The van der Waals surface area contributed by atoms with Crippen LogP contribution in [-0.4, -0.2) is 47.4 Å². The van der Waals surface area contributed by atoms with Gasteiger partial charge in [0.05, 0.1) is 33.6 Å². The van der Waals surface area contributed by atoms with Crippen molar-refractivity contribution in [3.63, 3.8) is 0 Å². The molecule has 0 aliphatic carbocycles. The van der Waals surface area contributed by atoms with Crippen LogP contribution in [0.4, 0.5) is 52.7 Å². The first-order valence-corrected chi connectivity index (χ1v) is 23.0. The summed E-state index contributed by atoms with van der Waals surface area (Å²) in [6.45, 7) is 3.25. The summed E-state index contributed by atoms with van der Waals surface area (Å²) in [6, 6.07) is 22.6. The number of fused-ring (bicyclic) bond motifs is 8.